The highest BCUT2D eigenvalue weighted by Crippen LogP contribution is 2.03. The minimum absolute atomic E-state index is 0.0668. The van der Waals surface area contributed by atoms with Crippen LogP contribution in [0, 0.1) is 0 Å². The summed E-state index contributed by atoms with van der Waals surface area (Å²) in [6, 6.07) is 8.96. The largest absolute Gasteiger partial charge is 0.372 e. The Morgan fingerprint density at radius 2 is 2.05 bits per heavy atom. The Labute approximate surface area is 118 Å². The van der Waals surface area contributed by atoms with E-state index in [0.717, 1.165) is 5.56 Å². The fourth-order valence-corrected chi connectivity index (χ4v) is 1.58. The predicted molar refractivity (Wildman–Crippen MR) is 77.7 cm³/mol. The van der Waals surface area contributed by atoms with Gasteiger partial charge < -0.3 is 15.8 Å². The van der Waals surface area contributed by atoms with Crippen molar-refractivity contribution in [2.24, 2.45) is 5.73 Å². The van der Waals surface area contributed by atoms with Gasteiger partial charge in [0.15, 0.2) is 0 Å². The Kier molecular flexibility index (Phi) is 7.06. The fourth-order valence-electron chi connectivity index (χ4n) is 1.58. The van der Waals surface area contributed by atoms with Gasteiger partial charge in [0.05, 0.1) is 0 Å². The number of amides is 2. The molecule has 0 saturated carbocycles. The molecular formula is C15H20N2O3. The summed E-state index contributed by atoms with van der Waals surface area (Å²) in [6.45, 7) is 2.17. The first-order chi connectivity index (χ1) is 9.63. The second-order valence-corrected chi connectivity index (χ2v) is 4.21. The van der Waals surface area contributed by atoms with Crippen LogP contribution in [-0.4, -0.2) is 31.1 Å². The van der Waals surface area contributed by atoms with E-state index in [9.17, 15) is 9.59 Å². The summed E-state index contributed by atoms with van der Waals surface area (Å²) in [6.07, 6.45) is 4.04. The van der Waals surface area contributed by atoms with Gasteiger partial charge in [-0.25, -0.2) is 0 Å². The molecule has 0 aliphatic rings. The van der Waals surface area contributed by atoms with Gasteiger partial charge in [-0.05, 0) is 18.9 Å². The molecule has 5 heteroatoms. The van der Waals surface area contributed by atoms with E-state index >= 15 is 0 Å². The van der Waals surface area contributed by atoms with Crippen molar-refractivity contribution in [3.05, 3.63) is 42.0 Å². The van der Waals surface area contributed by atoms with E-state index in [1.165, 1.54) is 0 Å². The zero-order chi connectivity index (χ0) is 14.8. The van der Waals surface area contributed by atoms with E-state index in [-0.39, 0.29) is 12.5 Å². The van der Waals surface area contributed by atoms with Crippen LogP contribution in [0.15, 0.2) is 36.4 Å². The standard InChI is InChI=1S/C15H20N2O3/c1-2-20-11-14(18)17-13(15(16)19)10-6-9-12-7-4-3-5-8-12/h3-9,13H,2,10-11H2,1H3,(H2,16,19)(H,17,18)/b9-6+/t13-/m0/s1. The molecule has 20 heavy (non-hydrogen) atoms. The first kappa shape index (κ1) is 15.9. The van der Waals surface area contributed by atoms with Crippen molar-refractivity contribution in [3.63, 3.8) is 0 Å². The maximum atomic E-state index is 11.5. The Morgan fingerprint density at radius 3 is 2.65 bits per heavy atom. The number of hydrogen-bond donors (Lipinski definition) is 2. The minimum Gasteiger partial charge on any atom is -0.372 e. The minimum atomic E-state index is -0.720. The molecule has 1 atom stereocenters. The summed E-state index contributed by atoms with van der Waals surface area (Å²) in [4.78, 5) is 22.8. The van der Waals surface area contributed by atoms with Crippen molar-refractivity contribution < 1.29 is 14.3 Å². The van der Waals surface area contributed by atoms with Crippen molar-refractivity contribution in [2.45, 2.75) is 19.4 Å². The van der Waals surface area contributed by atoms with Crippen LogP contribution in [-0.2, 0) is 14.3 Å². The molecule has 1 rings (SSSR count). The normalized spacial score (nSPS) is 12.2. The van der Waals surface area contributed by atoms with Crippen LogP contribution in [0.2, 0.25) is 0 Å². The number of ether oxygens (including phenoxy) is 1. The highest BCUT2D eigenvalue weighted by Gasteiger charge is 2.16. The fraction of sp³-hybridized carbons (Fsp3) is 0.333. The molecule has 0 bridgehead atoms. The number of rotatable bonds is 8. The molecule has 1 aromatic carbocycles. The number of hydrogen-bond acceptors (Lipinski definition) is 3. The van der Waals surface area contributed by atoms with E-state index < -0.39 is 11.9 Å². The molecule has 0 aliphatic heterocycles. The van der Waals surface area contributed by atoms with E-state index in [4.69, 9.17) is 10.5 Å². The van der Waals surface area contributed by atoms with Crippen LogP contribution >= 0.6 is 0 Å². The van der Waals surface area contributed by atoms with Gasteiger partial charge in [0.2, 0.25) is 11.8 Å². The van der Waals surface area contributed by atoms with Crippen molar-refractivity contribution in [3.8, 4) is 0 Å². The van der Waals surface area contributed by atoms with Gasteiger partial charge in [-0.3, -0.25) is 9.59 Å². The lowest BCUT2D eigenvalue weighted by Crippen LogP contribution is -2.45. The molecule has 2 amide bonds. The van der Waals surface area contributed by atoms with Crippen LogP contribution in [0.25, 0.3) is 6.08 Å². The average Bonchev–Trinajstić information content (AvgIpc) is 2.45. The van der Waals surface area contributed by atoms with Gasteiger partial charge in [0, 0.05) is 6.61 Å². The molecule has 0 saturated heterocycles. The molecule has 0 aliphatic carbocycles. The number of carbonyl (C=O) groups excluding carboxylic acids is 2. The summed E-state index contributed by atoms with van der Waals surface area (Å²) in [7, 11) is 0. The molecule has 1 aromatic rings. The molecule has 3 N–H and O–H groups in total. The molecule has 108 valence electrons. The van der Waals surface area contributed by atoms with E-state index in [1.54, 1.807) is 6.92 Å². The third-order valence-corrected chi connectivity index (χ3v) is 2.60. The molecule has 5 nitrogen and oxygen atoms in total. The van der Waals surface area contributed by atoms with Crippen molar-refractivity contribution in [1.82, 2.24) is 5.32 Å². The quantitative estimate of drug-likeness (QED) is 0.746. The topological polar surface area (TPSA) is 81.4 Å². The van der Waals surface area contributed by atoms with Crippen LogP contribution in [0.1, 0.15) is 18.9 Å². The summed E-state index contributed by atoms with van der Waals surface area (Å²) in [5.74, 6) is -0.906. The zero-order valence-electron chi connectivity index (χ0n) is 11.5. The van der Waals surface area contributed by atoms with Crippen molar-refractivity contribution in [2.75, 3.05) is 13.2 Å². The molecule has 0 spiro atoms. The maximum Gasteiger partial charge on any atom is 0.246 e. The van der Waals surface area contributed by atoms with Gasteiger partial charge in [0.25, 0.3) is 0 Å². The monoisotopic (exact) mass is 276 g/mol. The third kappa shape index (κ3) is 6.15. The lowest BCUT2D eigenvalue weighted by molar-refractivity contribution is -0.130. The molecule has 0 fully saturated rings. The van der Waals surface area contributed by atoms with E-state index in [0.29, 0.717) is 13.0 Å². The van der Waals surface area contributed by atoms with Crippen LogP contribution < -0.4 is 11.1 Å². The Hall–Kier alpha value is -2.14. The molecule has 0 radical (unpaired) electrons. The Morgan fingerprint density at radius 1 is 1.35 bits per heavy atom. The van der Waals surface area contributed by atoms with Crippen molar-refractivity contribution in [1.29, 1.82) is 0 Å². The Balaban J connectivity index is 2.49. The van der Waals surface area contributed by atoms with Gasteiger partial charge in [-0.1, -0.05) is 42.5 Å². The summed E-state index contributed by atoms with van der Waals surface area (Å²) in [5.41, 5.74) is 6.29. The third-order valence-electron chi connectivity index (χ3n) is 2.60. The highest BCUT2D eigenvalue weighted by molar-refractivity contribution is 5.87. The second-order valence-electron chi connectivity index (χ2n) is 4.21. The number of benzene rings is 1. The molecular weight excluding hydrogens is 256 g/mol. The van der Waals surface area contributed by atoms with Gasteiger partial charge in [-0.15, -0.1) is 0 Å². The molecule has 0 aromatic heterocycles. The predicted octanol–water partition coefficient (Wildman–Crippen LogP) is 1.10. The first-order valence-corrected chi connectivity index (χ1v) is 6.51. The molecule has 0 unspecified atom stereocenters. The van der Waals surface area contributed by atoms with Gasteiger partial charge >= 0.3 is 0 Å². The van der Waals surface area contributed by atoms with Crippen LogP contribution in [0.4, 0.5) is 0 Å². The highest BCUT2D eigenvalue weighted by atomic mass is 16.5. The average molecular weight is 276 g/mol. The zero-order valence-corrected chi connectivity index (χ0v) is 11.5. The summed E-state index contributed by atoms with van der Waals surface area (Å²) < 4.78 is 4.97. The van der Waals surface area contributed by atoms with Crippen molar-refractivity contribution >= 4 is 17.9 Å². The van der Waals surface area contributed by atoms with E-state index in [2.05, 4.69) is 5.32 Å². The number of nitrogens with one attached hydrogen (secondary N) is 1. The smallest absolute Gasteiger partial charge is 0.246 e. The first-order valence-electron chi connectivity index (χ1n) is 6.51. The SMILES string of the molecule is CCOCC(=O)N[C@@H](C/C=C/c1ccccc1)C(N)=O. The Bertz CT molecular complexity index is 457. The lowest BCUT2D eigenvalue weighted by Gasteiger charge is -2.13. The number of carbonyl (C=O) groups is 2. The van der Waals surface area contributed by atoms with Gasteiger partial charge in [-0.2, -0.15) is 0 Å². The van der Waals surface area contributed by atoms with Crippen LogP contribution in [0.3, 0.4) is 0 Å². The van der Waals surface area contributed by atoms with Crippen LogP contribution in [0.5, 0.6) is 0 Å². The summed E-state index contributed by atoms with van der Waals surface area (Å²) >= 11 is 0. The number of nitrogens with two attached hydrogens (primary N) is 1. The van der Waals surface area contributed by atoms with Gasteiger partial charge in [0.1, 0.15) is 12.6 Å². The number of primary amides is 1. The maximum absolute atomic E-state index is 11.5. The summed E-state index contributed by atoms with van der Waals surface area (Å²) in [5, 5.41) is 2.55. The lowest BCUT2D eigenvalue weighted by atomic mass is 10.1. The molecule has 0 heterocycles. The van der Waals surface area contributed by atoms with E-state index in [1.807, 2.05) is 42.5 Å². The second kappa shape index (κ2) is 8.87.